The van der Waals surface area contributed by atoms with Crippen LogP contribution < -0.4 is 15.4 Å². The van der Waals surface area contributed by atoms with Gasteiger partial charge in [-0.15, -0.1) is 0 Å². The Morgan fingerprint density at radius 3 is 2.63 bits per heavy atom. The molecule has 27 heavy (non-hydrogen) atoms. The van der Waals surface area contributed by atoms with Crippen LogP contribution in [0.4, 0.5) is 4.39 Å². The summed E-state index contributed by atoms with van der Waals surface area (Å²) in [6.45, 7) is 7.23. The highest BCUT2D eigenvalue weighted by atomic mass is 19.1. The van der Waals surface area contributed by atoms with Gasteiger partial charge in [0.1, 0.15) is 0 Å². The zero-order valence-corrected chi connectivity index (χ0v) is 16.9. The predicted octanol–water partition coefficient (Wildman–Crippen LogP) is 3.88. The van der Waals surface area contributed by atoms with Gasteiger partial charge in [-0.25, -0.2) is 9.38 Å². The lowest BCUT2D eigenvalue weighted by Gasteiger charge is -2.30. The van der Waals surface area contributed by atoms with Crippen LogP contribution in [0, 0.1) is 11.2 Å². The number of benzene rings is 1. The maximum absolute atomic E-state index is 14.0. The standard InChI is InChI=1S/C21H34FN3O2/c1-4-23-20(25-16-21(12-13-26-3)10-6-7-11-21)24-15-17-8-9-19(27-5-2)18(22)14-17/h8-9,14H,4-7,10-13,15-16H2,1-3H3,(H2,23,24,25). The highest BCUT2D eigenvalue weighted by Crippen LogP contribution is 2.40. The summed E-state index contributed by atoms with van der Waals surface area (Å²) in [5.41, 5.74) is 1.11. The van der Waals surface area contributed by atoms with Crippen LogP contribution in [0.3, 0.4) is 0 Å². The minimum absolute atomic E-state index is 0.288. The molecule has 152 valence electrons. The number of nitrogens with one attached hydrogen (secondary N) is 2. The number of guanidine groups is 1. The summed E-state index contributed by atoms with van der Waals surface area (Å²) in [7, 11) is 1.76. The lowest BCUT2D eigenvalue weighted by molar-refractivity contribution is 0.138. The molecule has 1 aliphatic carbocycles. The van der Waals surface area contributed by atoms with Gasteiger partial charge < -0.3 is 20.1 Å². The van der Waals surface area contributed by atoms with Gasteiger partial charge in [0, 0.05) is 26.8 Å². The second-order valence-electron chi connectivity index (χ2n) is 7.20. The highest BCUT2D eigenvalue weighted by Gasteiger charge is 2.33. The maximum Gasteiger partial charge on any atom is 0.191 e. The number of hydrogen-bond acceptors (Lipinski definition) is 3. The molecule has 1 aromatic rings. The first-order valence-electron chi connectivity index (χ1n) is 10.0. The summed E-state index contributed by atoms with van der Waals surface area (Å²) in [4.78, 5) is 4.63. The zero-order chi connectivity index (χ0) is 19.5. The highest BCUT2D eigenvalue weighted by molar-refractivity contribution is 5.79. The van der Waals surface area contributed by atoms with E-state index in [-0.39, 0.29) is 17.0 Å². The molecule has 2 N–H and O–H groups in total. The molecular weight excluding hydrogens is 345 g/mol. The quantitative estimate of drug-likeness (QED) is 0.479. The largest absolute Gasteiger partial charge is 0.491 e. The number of aliphatic imine (C=N–C) groups is 1. The first-order chi connectivity index (χ1) is 13.1. The van der Waals surface area contributed by atoms with Crippen LogP contribution in [0.15, 0.2) is 23.2 Å². The van der Waals surface area contributed by atoms with Crippen molar-refractivity contribution in [2.75, 3.05) is 33.4 Å². The third-order valence-corrected chi connectivity index (χ3v) is 5.19. The molecule has 2 rings (SSSR count). The third-order valence-electron chi connectivity index (χ3n) is 5.19. The molecule has 6 heteroatoms. The molecule has 0 radical (unpaired) electrons. The summed E-state index contributed by atoms with van der Waals surface area (Å²) in [6.07, 6.45) is 6.09. The van der Waals surface area contributed by atoms with Gasteiger partial charge in [0.05, 0.1) is 13.2 Å². The van der Waals surface area contributed by atoms with Crippen LogP contribution in [0.25, 0.3) is 0 Å². The first kappa shape index (κ1) is 21.5. The lowest BCUT2D eigenvalue weighted by atomic mass is 9.83. The van der Waals surface area contributed by atoms with Crippen molar-refractivity contribution in [2.45, 2.75) is 52.5 Å². The Balaban J connectivity index is 1.98. The van der Waals surface area contributed by atoms with Crippen molar-refractivity contribution >= 4 is 5.96 Å². The Hall–Kier alpha value is -1.82. The smallest absolute Gasteiger partial charge is 0.191 e. The summed E-state index contributed by atoms with van der Waals surface area (Å²) in [5.74, 6) is 0.721. The van der Waals surface area contributed by atoms with Gasteiger partial charge >= 0.3 is 0 Å². The summed E-state index contributed by atoms with van der Waals surface area (Å²) in [6, 6.07) is 5.02. The molecule has 1 aromatic carbocycles. The van der Waals surface area contributed by atoms with E-state index in [9.17, 15) is 4.39 Å². The Morgan fingerprint density at radius 2 is 2.00 bits per heavy atom. The summed E-state index contributed by atoms with van der Waals surface area (Å²) >= 11 is 0. The van der Waals surface area contributed by atoms with Crippen molar-refractivity contribution in [3.63, 3.8) is 0 Å². The van der Waals surface area contributed by atoms with E-state index in [0.717, 1.165) is 37.6 Å². The van der Waals surface area contributed by atoms with Gasteiger partial charge in [0.15, 0.2) is 17.5 Å². The molecule has 0 spiro atoms. The average molecular weight is 380 g/mol. The fourth-order valence-corrected chi connectivity index (χ4v) is 3.66. The van der Waals surface area contributed by atoms with Crippen molar-refractivity contribution in [3.05, 3.63) is 29.6 Å². The molecule has 0 aromatic heterocycles. The van der Waals surface area contributed by atoms with E-state index in [2.05, 4.69) is 15.6 Å². The van der Waals surface area contributed by atoms with Crippen LogP contribution in [0.2, 0.25) is 0 Å². The Kier molecular flexibility index (Phi) is 8.85. The molecular formula is C21H34FN3O2. The molecule has 0 amide bonds. The normalized spacial score (nSPS) is 16.4. The summed E-state index contributed by atoms with van der Waals surface area (Å²) < 4.78 is 24.6. The van der Waals surface area contributed by atoms with Crippen LogP contribution in [0.1, 0.15) is 51.5 Å². The number of halogens is 1. The van der Waals surface area contributed by atoms with E-state index in [1.165, 1.54) is 31.7 Å². The molecule has 0 heterocycles. The molecule has 0 saturated heterocycles. The number of hydrogen-bond donors (Lipinski definition) is 2. The third kappa shape index (κ3) is 6.69. The van der Waals surface area contributed by atoms with Crippen LogP contribution in [0.5, 0.6) is 5.75 Å². The van der Waals surface area contributed by atoms with E-state index in [4.69, 9.17) is 9.47 Å². The van der Waals surface area contributed by atoms with E-state index >= 15 is 0 Å². The molecule has 1 fully saturated rings. The van der Waals surface area contributed by atoms with E-state index in [1.54, 1.807) is 13.2 Å². The van der Waals surface area contributed by atoms with Gasteiger partial charge in [-0.1, -0.05) is 18.9 Å². The lowest BCUT2D eigenvalue weighted by Crippen LogP contribution is -2.43. The molecule has 1 aliphatic rings. The number of rotatable bonds is 10. The van der Waals surface area contributed by atoms with Crippen molar-refractivity contribution in [1.82, 2.24) is 10.6 Å². The summed E-state index contributed by atoms with van der Waals surface area (Å²) in [5, 5.41) is 6.78. The van der Waals surface area contributed by atoms with E-state index in [0.29, 0.717) is 13.2 Å². The molecule has 0 atom stereocenters. The van der Waals surface area contributed by atoms with Crippen LogP contribution >= 0.6 is 0 Å². The minimum atomic E-state index is -0.341. The molecule has 0 aliphatic heterocycles. The van der Waals surface area contributed by atoms with Gasteiger partial charge in [0.25, 0.3) is 0 Å². The van der Waals surface area contributed by atoms with Crippen LogP contribution in [-0.4, -0.2) is 39.4 Å². The fourth-order valence-electron chi connectivity index (χ4n) is 3.66. The van der Waals surface area contributed by atoms with Crippen molar-refractivity contribution in [2.24, 2.45) is 10.4 Å². The van der Waals surface area contributed by atoms with Gasteiger partial charge in [-0.3, -0.25) is 0 Å². The molecule has 5 nitrogen and oxygen atoms in total. The van der Waals surface area contributed by atoms with Crippen molar-refractivity contribution in [1.29, 1.82) is 0 Å². The second-order valence-corrected chi connectivity index (χ2v) is 7.20. The number of methoxy groups -OCH3 is 1. The maximum atomic E-state index is 14.0. The zero-order valence-electron chi connectivity index (χ0n) is 16.9. The minimum Gasteiger partial charge on any atom is -0.491 e. The van der Waals surface area contributed by atoms with Gasteiger partial charge in [-0.2, -0.15) is 0 Å². The van der Waals surface area contributed by atoms with Crippen molar-refractivity contribution in [3.8, 4) is 5.75 Å². The second kappa shape index (κ2) is 11.1. The van der Waals surface area contributed by atoms with Gasteiger partial charge in [0.2, 0.25) is 0 Å². The Bertz CT molecular complexity index is 601. The van der Waals surface area contributed by atoms with Gasteiger partial charge in [-0.05, 0) is 56.2 Å². The van der Waals surface area contributed by atoms with E-state index in [1.807, 2.05) is 19.9 Å². The SMILES string of the molecule is CCNC(=NCc1ccc(OCC)c(F)c1)NCC1(CCOC)CCCC1. The Labute approximate surface area is 162 Å². The Morgan fingerprint density at radius 1 is 1.22 bits per heavy atom. The topological polar surface area (TPSA) is 54.9 Å². The predicted molar refractivity (Wildman–Crippen MR) is 108 cm³/mol. The van der Waals surface area contributed by atoms with Crippen LogP contribution in [-0.2, 0) is 11.3 Å². The number of ether oxygens (including phenoxy) is 2. The fraction of sp³-hybridized carbons (Fsp3) is 0.667. The number of nitrogens with zero attached hydrogens (tertiary/aromatic N) is 1. The van der Waals surface area contributed by atoms with E-state index < -0.39 is 0 Å². The molecule has 0 unspecified atom stereocenters. The molecule has 1 saturated carbocycles. The first-order valence-corrected chi connectivity index (χ1v) is 10.0. The monoisotopic (exact) mass is 379 g/mol. The average Bonchev–Trinajstić information content (AvgIpc) is 3.14. The van der Waals surface area contributed by atoms with Crippen molar-refractivity contribution < 1.29 is 13.9 Å². The molecule has 0 bridgehead atoms.